The molecule has 3 heterocycles. The molecule has 186 valence electrons. The smallest absolute Gasteiger partial charge is 0.253 e. The molecule has 2 saturated carbocycles. The Labute approximate surface area is 206 Å². The number of hydrogen-bond donors (Lipinski definition) is 1. The van der Waals surface area contributed by atoms with Gasteiger partial charge in [0.05, 0.1) is 6.04 Å². The van der Waals surface area contributed by atoms with Gasteiger partial charge >= 0.3 is 0 Å². The van der Waals surface area contributed by atoms with Crippen LogP contribution >= 0.6 is 0 Å². The topological polar surface area (TPSA) is 82.9 Å². The highest BCUT2D eigenvalue weighted by molar-refractivity contribution is 5.79. The molecule has 35 heavy (non-hydrogen) atoms. The molecule has 3 fully saturated rings. The second kappa shape index (κ2) is 9.82. The van der Waals surface area contributed by atoms with E-state index >= 15 is 0 Å². The molecule has 3 aromatic rings. The van der Waals surface area contributed by atoms with Gasteiger partial charge in [-0.15, -0.1) is 5.10 Å². The number of fused-ring (bicyclic) bond motifs is 1. The minimum atomic E-state index is -0.242. The fraction of sp³-hybridized carbons (Fsp3) is 0.630. The Bertz CT molecular complexity index is 1210. The normalized spacial score (nSPS) is 22.2. The van der Waals surface area contributed by atoms with Crippen molar-refractivity contribution < 1.29 is 0 Å². The number of benzene rings is 1. The van der Waals surface area contributed by atoms with Gasteiger partial charge in [0.1, 0.15) is 6.04 Å². The summed E-state index contributed by atoms with van der Waals surface area (Å²) in [6, 6.07) is 9.12. The second-order valence-corrected chi connectivity index (χ2v) is 10.8. The second-order valence-electron chi connectivity index (χ2n) is 10.8. The highest BCUT2D eigenvalue weighted by Crippen LogP contribution is 2.34. The van der Waals surface area contributed by atoms with Crippen LogP contribution in [0.25, 0.3) is 10.9 Å². The number of hydrogen-bond acceptors (Lipinski definition) is 6. The molecule has 1 aliphatic heterocycles. The number of nitrogens with zero attached hydrogens (tertiary/aromatic N) is 6. The average Bonchev–Trinajstić information content (AvgIpc) is 3.58. The minimum Gasteiger partial charge on any atom is -0.322 e. The number of nitrogens with one attached hydrogen (secondary N) is 1. The number of pyridine rings is 1. The lowest BCUT2D eigenvalue weighted by molar-refractivity contribution is 0.0613. The Morgan fingerprint density at radius 3 is 2.40 bits per heavy atom. The quantitative estimate of drug-likeness (QED) is 0.601. The molecule has 0 radical (unpaired) electrons. The maximum absolute atomic E-state index is 13.5. The maximum atomic E-state index is 13.5. The molecule has 2 aromatic heterocycles. The fourth-order valence-electron chi connectivity index (χ4n) is 6.63. The summed E-state index contributed by atoms with van der Waals surface area (Å²) in [7, 11) is 0. The van der Waals surface area contributed by atoms with Crippen LogP contribution in [0.15, 0.2) is 29.1 Å². The third kappa shape index (κ3) is 4.54. The van der Waals surface area contributed by atoms with E-state index in [0.29, 0.717) is 6.04 Å². The molecule has 1 saturated heterocycles. The van der Waals surface area contributed by atoms with Gasteiger partial charge in [-0.2, -0.15) is 0 Å². The molecule has 8 heteroatoms. The summed E-state index contributed by atoms with van der Waals surface area (Å²) in [6.07, 6.45) is 11.4. The summed E-state index contributed by atoms with van der Waals surface area (Å²) >= 11 is 0. The van der Waals surface area contributed by atoms with E-state index in [1.54, 1.807) is 0 Å². The highest BCUT2D eigenvalue weighted by atomic mass is 16.1. The monoisotopic (exact) mass is 475 g/mol. The average molecular weight is 476 g/mol. The standard InChI is InChI=1S/C27H37N7O/c1-19-11-12-20-18-23(27(35)28-24(20)17-19)25(26-29-30-31-34(26)22-9-5-6-10-22)33-15-13-32(14-16-33)21-7-3-2-4-8-21/h11-12,17-18,21-22,25H,2-10,13-16H2,1H3,(H,28,35). The van der Waals surface area contributed by atoms with Crippen molar-refractivity contribution in [3.8, 4) is 0 Å². The summed E-state index contributed by atoms with van der Waals surface area (Å²) in [5.74, 6) is 0.819. The molecule has 3 aliphatic rings. The lowest BCUT2D eigenvalue weighted by atomic mass is 9.93. The summed E-state index contributed by atoms with van der Waals surface area (Å²) in [5.41, 5.74) is 2.74. The van der Waals surface area contributed by atoms with Crippen molar-refractivity contribution in [3.63, 3.8) is 0 Å². The Morgan fingerprint density at radius 2 is 1.63 bits per heavy atom. The van der Waals surface area contributed by atoms with E-state index in [1.165, 1.54) is 44.9 Å². The van der Waals surface area contributed by atoms with Crippen molar-refractivity contribution in [1.29, 1.82) is 0 Å². The molecule has 8 nitrogen and oxygen atoms in total. The molecule has 1 N–H and O–H groups in total. The molecule has 1 atom stereocenters. The Balaban J connectivity index is 1.36. The van der Waals surface area contributed by atoms with E-state index in [2.05, 4.69) is 55.4 Å². The number of H-pyrrole nitrogens is 1. The first-order valence-corrected chi connectivity index (χ1v) is 13.6. The van der Waals surface area contributed by atoms with Gasteiger partial charge in [0.2, 0.25) is 0 Å². The predicted octanol–water partition coefficient (Wildman–Crippen LogP) is 3.98. The largest absolute Gasteiger partial charge is 0.322 e. The zero-order valence-corrected chi connectivity index (χ0v) is 20.8. The van der Waals surface area contributed by atoms with E-state index in [4.69, 9.17) is 0 Å². The van der Waals surface area contributed by atoms with E-state index < -0.39 is 0 Å². The first-order chi connectivity index (χ1) is 17.2. The van der Waals surface area contributed by atoms with Crippen LogP contribution in [0.2, 0.25) is 0 Å². The molecule has 0 amide bonds. The van der Waals surface area contributed by atoms with Crippen LogP contribution in [-0.2, 0) is 0 Å². The van der Waals surface area contributed by atoms with Crippen molar-refractivity contribution in [2.75, 3.05) is 26.2 Å². The number of tetrazole rings is 1. The van der Waals surface area contributed by atoms with Crippen molar-refractivity contribution in [1.82, 2.24) is 35.0 Å². The molecule has 0 bridgehead atoms. The van der Waals surface area contributed by atoms with Crippen LogP contribution in [0, 0.1) is 6.92 Å². The third-order valence-corrected chi connectivity index (χ3v) is 8.56. The minimum absolute atomic E-state index is 0.0382. The summed E-state index contributed by atoms with van der Waals surface area (Å²) in [4.78, 5) is 21.8. The van der Waals surface area contributed by atoms with E-state index in [9.17, 15) is 4.79 Å². The predicted molar refractivity (Wildman–Crippen MR) is 136 cm³/mol. The maximum Gasteiger partial charge on any atom is 0.253 e. The van der Waals surface area contributed by atoms with Gasteiger partial charge in [0, 0.05) is 43.3 Å². The SMILES string of the molecule is Cc1ccc2cc(C(c3nnnn3C3CCCC3)N3CCN(C4CCCCC4)CC3)c(=O)[nH]c2c1. The van der Waals surface area contributed by atoms with Gasteiger partial charge in [-0.05, 0) is 66.1 Å². The van der Waals surface area contributed by atoms with Crippen LogP contribution in [0.3, 0.4) is 0 Å². The Morgan fingerprint density at radius 1 is 0.914 bits per heavy atom. The zero-order valence-electron chi connectivity index (χ0n) is 20.8. The van der Waals surface area contributed by atoms with Crippen LogP contribution in [0.4, 0.5) is 0 Å². The molecule has 1 aromatic carbocycles. The van der Waals surface area contributed by atoms with Crippen LogP contribution in [0.5, 0.6) is 0 Å². The van der Waals surface area contributed by atoms with Gasteiger partial charge in [-0.3, -0.25) is 14.6 Å². The van der Waals surface area contributed by atoms with Gasteiger partial charge in [0.15, 0.2) is 5.82 Å². The van der Waals surface area contributed by atoms with Crippen LogP contribution in [-0.4, -0.2) is 67.2 Å². The van der Waals surface area contributed by atoms with Gasteiger partial charge in [0.25, 0.3) is 5.56 Å². The van der Waals surface area contributed by atoms with Gasteiger partial charge in [-0.25, -0.2) is 4.68 Å². The highest BCUT2D eigenvalue weighted by Gasteiger charge is 2.35. The Hall–Kier alpha value is -2.58. The van der Waals surface area contributed by atoms with Gasteiger partial charge in [-0.1, -0.05) is 44.2 Å². The molecule has 0 spiro atoms. The van der Waals surface area contributed by atoms with Crippen LogP contribution < -0.4 is 5.56 Å². The van der Waals surface area contributed by atoms with E-state index in [-0.39, 0.29) is 11.6 Å². The van der Waals surface area contributed by atoms with E-state index in [1.807, 2.05) is 10.7 Å². The molecule has 1 unspecified atom stereocenters. The summed E-state index contributed by atoms with van der Waals surface area (Å²) in [6.45, 7) is 5.97. The van der Waals surface area contributed by atoms with Gasteiger partial charge < -0.3 is 4.98 Å². The summed E-state index contributed by atoms with van der Waals surface area (Å²) in [5, 5.41) is 14.2. The Kier molecular flexibility index (Phi) is 6.41. The molecule has 2 aliphatic carbocycles. The lowest BCUT2D eigenvalue weighted by Crippen LogP contribution is -2.52. The zero-order chi connectivity index (χ0) is 23.8. The van der Waals surface area contributed by atoms with Crippen LogP contribution in [0.1, 0.15) is 86.8 Å². The first kappa shape index (κ1) is 22.9. The number of aromatic amines is 1. The number of piperazine rings is 1. The number of aryl methyl sites for hydroxylation is 1. The molecule has 6 rings (SSSR count). The third-order valence-electron chi connectivity index (χ3n) is 8.56. The summed E-state index contributed by atoms with van der Waals surface area (Å²) < 4.78 is 2.03. The van der Waals surface area contributed by atoms with Crippen molar-refractivity contribution in [3.05, 3.63) is 51.6 Å². The van der Waals surface area contributed by atoms with Crippen molar-refractivity contribution in [2.24, 2.45) is 0 Å². The lowest BCUT2D eigenvalue weighted by Gasteiger charge is -2.43. The van der Waals surface area contributed by atoms with Crippen molar-refractivity contribution in [2.45, 2.75) is 82.8 Å². The first-order valence-electron chi connectivity index (χ1n) is 13.6. The number of aromatic nitrogens is 5. The molecular formula is C27H37N7O. The molecular weight excluding hydrogens is 438 g/mol. The number of rotatable bonds is 5. The fourth-order valence-corrected chi connectivity index (χ4v) is 6.63. The van der Waals surface area contributed by atoms with E-state index in [0.717, 1.165) is 72.9 Å². The van der Waals surface area contributed by atoms with Crippen molar-refractivity contribution >= 4 is 10.9 Å².